The van der Waals surface area contributed by atoms with Gasteiger partial charge in [-0.05, 0) is 59.9 Å². The van der Waals surface area contributed by atoms with E-state index < -0.39 is 35.4 Å². The SMILES string of the molecule is Cc1ncsc1-c1ccc(CNC(=O)[C@@H]2C[C@@H](O)CN2C(=O)[C@@H](NC(=O)CCOCCOCCOCCOCCOCCOCCOCCOCCOCCOCCOCCOCCOc2ccc(C(=O)Nc3ccc4oc(-c5ccc(=O)n(C)n5)nc4c3)nc2)C(C)(C)C)cc1. The van der Waals surface area contributed by atoms with Crippen LogP contribution in [0.1, 0.15) is 55.4 Å². The zero-order chi connectivity index (χ0) is 68.9. The van der Waals surface area contributed by atoms with E-state index in [1.54, 1.807) is 48.7 Å². The van der Waals surface area contributed by atoms with Crippen LogP contribution in [0.3, 0.4) is 0 Å². The zero-order valence-corrected chi connectivity index (χ0v) is 56.9. The highest BCUT2D eigenvalue weighted by Gasteiger charge is 2.44. The van der Waals surface area contributed by atoms with Crippen molar-refractivity contribution in [2.45, 2.75) is 65.3 Å². The van der Waals surface area contributed by atoms with E-state index in [-0.39, 0.29) is 68.1 Å². The van der Waals surface area contributed by atoms with Gasteiger partial charge in [-0.2, -0.15) is 5.10 Å². The lowest BCUT2D eigenvalue weighted by Crippen LogP contribution is -2.57. The normalized spacial score (nSPS) is 14.3. The molecular weight excluding hydrogens is 1280 g/mol. The number of β-amino-alcohol motifs (C(OH)–C–C–N with tert-alkyl or cyclic N) is 1. The number of oxazole rings is 1. The van der Waals surface area contributed by atoms with Gasteiger partial charge in [0.15, 0.2) is 5.58 Å². The molecule has 2 aromatic carbocycles. The Labute approximate surface area is 568 Å². The molecule has 4 aromatic heterocycles. The second-order valence-electron chi connectivity index (χ2n) is 23.1. The molecule has 6 aromatic rings. The summed E-state index contributed by atoms with van der Waals surface area (Å²) >= 11 is 1.57. The number of anilines is 1. The lowest BCUT2D eigenvalue weighted by Gasteiger charge is -2.35. The Balaban J connectivity index is 0.555. The van der Waals surface area contributed by atoms with Crippen LogP contribution < -0.4 is 26.2 Å². The van der Waals surface area contributed by atoms with Crippen LogP contribution in [0.5, 0.6) is 5.75 Å². The molecular formula is C67H93N9O20S. The lowest BCUT2D eigenvalue weighted by molar-refractivity contribution is -0.144. The molecule has 97 heavy (non-hydrogen) atoms. The topological polar surface area (TPSA) is 335 Å². The third kappa shape index (κ3) is 28.2. The fourth-order valence-electron chi connectivity index (χ4n) is 9.44. The van der Waals surface area contributed by atoms with Gasteiger partial charge < -0.3 is 92.0 Å². The number of nitrogens with zero attached hydrogens (tertiary/aromatic N) is 6. The molecule has 0 spiro atoms. The van der Waals surface area contributed by atoms with Crippen molar-refractivity contribution in [2.75, 3.05) is 177 Å². The summed E-state index contributed by atoms with van der Waals surface area (Å²) < 4.78 is 79.3. The maximum absolute atomic E-state index is 13.9. The van der Waals surface area contributed by atoms with Crippen molar-refractivity contribution in [3.05, 3.63) is 106 Å². The van der Waals surface area contributed by atoms with Gasteiger partial charge in [-0.15, -0.1) is 11.3 Å². The number of aryl methyl sites for hydroxylation is 2. The second-order valence-corrected chi connectivity index (χ2v) is 24.0. The van der Waals surface area contributed by atoms with Gasteiger partial charge in [0.2, 0.25) is 23.6 Å². The summed E-state index contributed by atoms with van der Waals surface area (Å²) in [4.78, 5) is 80.4. The number of rotatable bonds is 49. The average Bonchev–Trinajstić information content (AvgIpc) is 1.70. The predicted molar refractivity (Wildman–Crippen MR) is 356 cm³/mol. The Morgan fingerprint density at radius 1 is 0.660 bits per heavy atom. The zero-order valence-electron chi connectivity index (χ0n) is 56.0. The monoisotopic (exact) mass is 1380 g/mol. The Hall–Kier alpha value is -7.27. The molecule has 1 fully saturated rings. The van der Waals surface area contributed by atoms with Gasteiger partial charge in [0.1, 0.15) is 41.3 Å². The molecule has 1 aliphatic rings. The van der Waals surface area contributed by atoms with Crippen LogP contribution in [0.4, 0.5) is 5.69 Å². The first-order chi connectivity index (χ1) is 47.1. The van der Waals surface area contributed by atoms with E-state index in [0.717, 1.165) is 21.7 Å². The smallest absolute Gasteiger partial charge is 0.274 e. The van der Waals surface area contributed by atoms with Crippen molar-refractivity contribution >= 4 is 51.8 Å². The van der Waals surface area contributed by atoms with Gasteiger partial charge in [-0.25, -0.2) is 19.6 Å². The Morgan fingerprint density at radius 3 is 1.67 bits per heavy atom. The van der Waals surface area contributed by atoms with Crippen LogP contribution in [0.2, 0.25) is 0 Å². The molecule has 1 saturated heterocycles. The molecule has 532 valence electrons. The Kier molecular flexibility index (Phi) is 34.3. The molecule has 0 aliphatic carbocycles. The number of carbonyl (C=O) groups excluding carboxylic acids is 4. The number of likely N-dealkylation sites (tertiary alicyclic amines) is 1. The summed E-state index contributed by atoms with van der Waals surface area (Å²) in [6.45, 7) is 17.6. The van der Waals surface area contributed by atoms with Gasteiger partial charge in [-0.3, -0.25) is 24.0 Å². The van der Waals surface area contributed by atoms with E-state index in [1.165, 1.54) is 27.9 Å². The minimum Gasteiger partial charge on any atom is -0.490 e. The molecule has 30 heteroatoms. The predicted octanol–water partition coefficient (Wildman–Crippen LogP) is 4.44. The van der Waals surface area contributed by atoms with E-state index >= 15 is 0 Å². The number of hydrogen-bond donors (Lipinski definition) is 4. The maximum atomic E-state index is 13.9. The number of thiazole rings is 1. The van der Waals surface area contributed by atoms with E-state index in [9.17, 15) is 29.1 Å². The van der Waals surface area contributed by atoms with Crippen LogP contribution >= 0.6 is 11.3 Å². The standard InChI is InChI=1S/C67H93N9O20S/c1-48-61(97-47-70-48)50-8-6-49(7-9-50)44-69-64(81)57-43-52(77)46-76(57)66(82)62(67(2,3)4)73-59(78)16-17-83-18-19-84-20-21-85-22-23-86-24-25-87-26-27-88-28-29-89-30-31-90-32-33-91-34-35-92-36-37-93-38-39-94-40-41-95-53-11-12-54(68-45-53)63(80)71-51-10-14-58-56(42-51)72-65(96-58)55-13-15-60(79)75(5)74-55/h6-15,42,45,47,52,57,62,77H,16-41,43-44,46H2,1-5H3,(H,69,81)(H,71,80)(H,73,78)/t52-,57+,62-/m1/s1. The quantitative estimate of drug-likeness (QED) is 0.0383. The number of fused-ring (bicyclic) bond motifs is 1. The molecule has 0 radical (unpaired) electrons. The summed E-state index contributed by atoms with van der Waals surface area (Å²) in [7, 11) is 1.54. The minimum atomic E-state index is -0.934. The number of nitrogens with one attached hydrogen (secondary N) is 3. The van der Waals surface area contributed by atoms with Gasteiger partial charge in [0.25, 0.3) is 11.5 Å². The van der Waals surface area contributed by atoms with Crippen molar-refractivity contribution in [2.24, 2.45) is 12.5 Å². The fraction of sp³-hybridized carbons (Fsp3) is 0.567. The number of aliphatic hydroxyl groups is 1. The fourth-order valence-corrected chi connectivity index (χ4v) is 10.3. The van der Waals surface area contributed by atoms with E-state index in [4.69, 9.17) is 66.0 Å². The summed E-state index contributed by atoms with van der Waals surface area (Å²) in [6.07, 6.45) is 0.725. The maximum Gasteiger partial charge on any atom is 0.274 e. The summed E-state index contributed by atoms with van der Waals surface area (Å²) in [6, 6.07) is 17.2. The van der Waals surface area contributed by atoms with Gasteiger partial charge in [-0.1, -0.05) is 45.0 Å². The van der Waals surface area contributed by atoms with E-state index in [1.807, 2.05) is 57.5 Å². The number of hydrogen-bond acceptors (Lipinski definition) is 25. The van der Waals surface area contributed by atoms with Crippen molar-refractivity contribution in [3.63, 3.8) is 0 Å². The van der Waals surface area contributed by atoms with Gasteiger partial charge in [0, 0.05) is 44.7 Å². The van der Waals surface area contributed by atoms with Crippen LogP contribution in [0.15, 0.2) is 87.6 Å². The van der Waals surface area contributed by atoms with Crippen molar-refractivity contribution in [3.8, 4) is 27.8 Å². The first-order valence-corrected chi connectivity index (χ1v) is 33.3. The number of ether oxygens (including phenoxy) is 13. The van der Waals surface area contributed by atoms with Crippen LogP contribution in [0, 0.1) is 12.3 Å². The van der Waals surface area contributed by atoms with Crippen molar-refractivity contribution in [1.29, 1.82) is 0 Å². The molecule has 4 N–H and O–H groups in total. The summed E-state index contributed by atoms with van der Waals surface area (Å²) in [5.74, 6) is -0.828. The third-order valence-electron chi connectivity index (χ3n) is 14.6. The van der Waals surface area contributed by atoms with Crippen LogP contribution in [-0.2, 0) is 84.8 Å². The Bertz CT molecular complexity index is 3330. The highest BCUT2D eigenvalue weighted by molar-refractivity contribution is 7.13. The van der Waals surface area contributed by atoms with Gasteiger partial charge in [0.05, 0.1) is 187 Å². The minimum absolute atomic E-state index is 0.0103. The van der Waals surface area contributed by atoms with Crippen LogP contribution in [0.25, 0.3) is 33.1 Å². The number of aliphatic hydroxyl groups excluding tert-OH is 1. The molecule has 4 amide bonds. The molecule has 7 rings (SSSR count). The molecule has 3 atom stereocenters. The lowest BCUT2D eigenvalue weighted by atomic mass is 9.85. The van der Waals surface area contributed by atoms with E-state index in [2.05, 4.69) is 36.0 Å². The molecule has 0 bridgehead atoms. The number of pyridine rings is 1. The van der Waals surface area contributed by atoms with E-state index in [0.29, 0.717) is 180 Å². The molecule has 0 unspecified atom stereocenters. The third-order valence-corrected chi connectivity index (χ3v) is 15.5. The number of amides is 4. The van der Waals surface area contributed by atoms with Crippen molar-refractivity contribution in [1.82, 2.24) is 40.3 Å². The Morgan fingerprint density at radius 2 is 1.19 bits per heavy atom. The summed E-state index contributed by atoms with van der Waals surface area (Å²) in [5, 5.41) is 23.3. The average molecular weight is 1380 g/mol. The highest BCUT2D eigenvalue weighted by atomic mass is 32.1. The first kappa shape index (κ1) is 77.1. The molecule has 1 aliphatic heterocycles. The molecule has 5 heterocycles. The highest BCUT2D eigenvalue weighted by Crippen LogP contribution is 2.29. The largest absolute Gasteiger partial charge is 0.490 e. The molecule has 29 nitrogen and oxygen atoms in total. The van der Waals surface area contributed by atoms with Gasteiger partial charge >= 0.3 is 0 Å². The molecule has 0 saturated carbocycles. The number of aromatic nitrogens is 5. The number of benzene rings is 2. The number of carbonyl (C=O) groups is 4. The second kappa shape index (κ2) is 43.2. The first-order valence-electron chi connectivity index (χ1n) is 32.5. The summed E-state index contributed by atoms with van der Waals surface area (Å²) in [5.41, 5.74) is 5.90. The van der Waals surface area contributed by atoms with Crippen LogP contribution in [-0.4, -0.2) is 248 Å². The van der Waals surface area contributed by atoms with Crippen molar-refractivity contribution < 1.29 is 90.3 Å².